The molecule has 0 aromatic heterocycles. The van der Waals surface area contributed by atoms with Crippen LogP contribution >= 0.6 is 0 Å². The predicted molar refractivity (Wildman–Crippen MR) is 193 cm³/mol. The van der Waals surface area contributed by atoms with Gasteiger partial charge < -0.3 is 14.4 Å². The minimum atomic E-state index is -5.47. The lowest BCUT2D eigenvalue weighted by molar-refractivity contribution is -0.153. The van der Waals surface area contributed by atoms with E-state index in [4.69, 9.17) is 9.47 Å². The summed E-state index contributed by atoms with van der Waals surface area (Å²) in [6.07, 6.45) is 4.45. The van der Waals surface area contributed by atoms with Crippen LogP contribution in [0.25, 0.3) is 0 Å². The van der Waals surface area contributed by atoms with Crippen molar-refractivity contribution in [1.29, 1.82) is 0 Å². The van der Waals surface area contributed by atoms with Gasteiger partial charge in [0.05, 0.1) is 12.4 Å². The quantitative estimate of drug-likeness (QED) is 0.0374. The minimum Gasteiger partial charge on any atom is -0.494 e. The molecule has 1 saturated carbocycles. The van der Waals surface area contributed by atoms with Gasteiger partial charge in [-0.25, -0.2) is 30.4 Å². The molecule has 54 heavy (non-hydrogen) atoms. The monoisotopic (exact) mass is 770 g/mol. The Balaban J connectivity index is 1.49. The van der Waals surface area contributed by atoms with Crippen LogP contribution in [0.1, 0.15) is 73.6 Å². The van der Waals surface area contributed by atoms with E-state index in [9.17, 15) is 35.2 Å². The lowest BCUT2D eigenvalue weighted by Gasteiger charge is -2.36. The van der Waals surface area contributed by atoms with Gasteiger partial charge in [0.25, 0.3) is 0 Å². The van der Waals surface area contributed by atoms with Gasteiger partial charge in [-0.05, 0) is 47.9 Å². The molecule has 1 amide bonds. The van der Waals surface area contributed by atoms with Crippen molar-refractivity contribution < 1.29 is 44.6 Å². The van der Waals surface area contributed by atoms with Crippen molar-refractivity contribution >= 4 is 15.9 Å². The Hall–Kier alpha value is -4.59. The second-order valence-corrected chi connectivity index (χ2v) is 15.3. The normalized spacial score (nSPS) is 14.8. The third-order valence-corrected chi connectivity index (χ3v) is 11.7. The fourth-order valence-corrected chi connectivity index (χ4v) is 7.87. The van der Waals surface area contributed by atoms with Crippen molar-refractivity contribution in [3.8, 4) is 0 Å². The van der Waals surface area contributed by atoms with Crippen LogP contribution in [-0.2, 0) is 44.1 Å². The van der Waals surface area contributed by atoms with E-state index in [0.29, 0.717) is 11.5 Å². The average molecular weight is 771 g/mol. The van der Waals surface area contributed by atoms with Crippen LogP contribution in [0.3, 0.4) is 0 Å². The third-order valence-electron chi connectivity index (χ3n) is 9.72. The van der Waals surface area contributed by atoms with E-state index in [2.05, 4.69) is 6.58 Å². The van der Waals surface area contributed by atoms with Crippen molar-refractivity contribution in [2.24, 2.45) is 0 Å². The van der Waals surface area contributed by atoms with Gasteiger partial charge in [-0.1, -0.05) is 111 Å². The number of ether oxygens (including phenoxy) is 2. The number of rotatable bonds is 16. The summed E-state index contributed by atoms with van der Waals surface area (Å²) < 4.78 is 111. The highest BCUT2D eigenvalue weighted by Gasteiger charge is 2.41. The van der Waals surface area contributed by atoms with Crippen LogP contribution < -0.4 is 0 Å². The summed E-state index contributed by atoms with van der Waals surface area (Å²) in [7, 11) is -4.64. The Morgan fingerprint density at radius 1 is 0.759 bits per heavy atom. The number of carbonyl (C=O) groups is 1. The highest BCUT2D eigenvalue weighted by molar-refractivity contribution is 7.89. The molecule has 13 heteroatoms. The van der Waals surface area contributed by atoms with E-state index in [1.807, 2.05) is 84.9 Å². The molecule has 5 rings (SSSR count). The maximum atomic E-state index is 14.8. The van der Waals surface area contributed by atoms with Crippen LogP contribution in [0.2, 0.25) is 0 Å². The largest absolute Gasteiger partial charge is 0.494 e. The first kappa shape index (κ1) is 40.6. The molecule has 0 N–H and O–H groups in total. The van der Waals surface area contributed by atoms with Crippen molar-refractivity contribution in [1.82, 2.24) is 9.21 Å². The number of hydrogen-bond donors (Lipinski definition) is 0. The maximum Gasteiger partial charge on any atom is 0.249 e. The second kappa shape index (κ2) is 18.2. The summed E-state index contributed by atoms with van der Waals surface area (Å²) in [5.74, 6) is -12.7. The molecule has 7 nitrogen and oxygen atoms in total. The van der Waals surface area contributed by atoms with Gasteiger partial charge >= 0.3 is 0 Å². The summed E-state index contributed by atoms with van der Waals surface area (Å²) in [6.45, 7) is 5.29. The SMILES string of the molecule is C=C(CC(OCc1ccccc1)N(Cc1ccc(C2CCCCC2)cc1)C(=O)[C@@H](C)N(C)S(=O)(=O)c1c(F)c(F)c(F)c(F)c1F)OCc1ccccc1. The van der Waals surface area contributed by atoms with Gasteiger partial charge in [0, 0.05) is 20.0 Å². The maximum absolute atomic E-state index is 14.8. The van der Waals surface area contributed by atoms with E-state index in [1.165, 1.54) is 11.3 Å². The van der Waals surface area contributed by atoms with E-state index in [1.54, 1.807) is 0 Å². The Morgan fingerprint density at radius 2 is 1.28 bits per heavy atom. The zero-order valence-corrected chi connectivity index (χ0v) is 30.9. The Labute approximate surface area is 313 Å². The number of amides is 1. The zero-order chi connectivity index (χ0) is 39.0. The number of halogens is 5. The highest BCUT2D eigenvalue weighted by atomic mass is 32.2. The number of likely N-dealkylation sites (N-methyl/N-ethyl adjacent to an activating group) is 1. The molecular formula is C41H43F5N2O5S. The highest BCUT2D eigenvalue weighted by Crippen LogP contribution is 2.34. The molecule has 1 aliphatic carbocycles. The Kier molecular flexibility index (Phi) is 13.6. The molecule has 0 heterocycles. The molecule has 1 unspecified atom stereocenters. The molecule has 1 aliphatic rings. The fraction of sp³-hybridized carbons (Fsp3) is 0.341. The molecule has 0 radical (unpaired) electrons. The molecule has 2 atom stereocenters. The smallest absolute Gasteiger partial charge is 0.249 e. The van der Waals surface area contributed by atoms with Gasteiger partial charge in [-0.2, -0.15) is 4.31 Å². The van der Waals surface area contributed by atoms with Gasteiger partial charge in [0.1, 0.15) is 18.9 Å². The van der Waals surface area contributed by atoms with Crippen LogP contribution in [0, 0.1) is 29.1 Å². The summed E-state index contributed by atoms with van der Waals surface area (Å²) in [5, 5.41) is 0. The van der Waals surface area contributed by atoms with Crippen molar-refractivity contribution in [2.75, 3.05) is 7.05 Å². The molecule has 288 valence electrons. The Morgan fingerprint density at radius 3 is 1.83 bits per heavy atom. The van der Waals surface area contributed by atoms with E-state index in [0.717, 1.165) is 56.3 Å². The van der Waals surface area contributed by atoms with Crippen LogP contribution in [-0.4, -0.2) is 42.8 Å². The van der Waals surface area contributed by atoms with Crippen LogP contribution in [0.5, 0.6) is 0 Å². The lowest BCUT2D eigenvalue weighted by Crippen LogP contribution is -2.51. The van der Waals surface area contributed by atoms with Gasteiger partial charge in [0.2, 0.25) is 21.7 Å². The summed E-state index contributed by atoms with van der Waals surface area (Å²) >= 11 is 0. The number of sulfonamides is 1. The lowest BCUT2D eigenvalue weighted by atomic mass is 9.84. The number of benzene rings is 4. The van der Waals surface area contributed by atoms with E-state index in [-0.39, 0.29) is 36.2 Å². The first-order chi connectivity index (χ1) is 25.8. The summed E-state index contributed by atoms with van der Waals surface area (Å²) in [4.78, 5) is 13.7. The number of nitrogens with zero attached hydrogens (tertiary/aromatic N) is 2. The van der Waals surface area contributed by atoms with Gasteiger partial charge in [-0.3, -0.25) is 4.79 Å². The molecule has 0 bridgehead atoms. The molecule has 1 fully saturated rings. The van der Waals surface area contributed by atoms with Crippen LogP contribution in [0.4, 0.5) is 22.0 Å². The molecular weight excluding hydrogens is 728 g/mol. The topological polar surface area (TPSA) is 76.2 Å². The fourth-order valence-electron chi connectivity index (χ4n) is 6.45. The summed E-state index contributed by atoms with van der Waals surface area (Å²) in [6, 6.07) is 24.4. The van der Waals surface area contributed by atoms with Crippen molar-refractivity contribution in [3.05, 3.63) is 149 Å². The second-order valence-electron chi connectivity index (χ2n) is 13.4. The standard InChI is InChI=1S/C41H43F5N2O5S/c1-27(52-25-30-13-7-4-8-14-30)23-34(53-26-31-15-9-5-10-16-31)48(24-29-19-21-33(22-20-29)32-17-11-6-12-18-32)41(49)28(2)47(3)54(50,51)40-38(45)36(43)35(42)37(44)39(40)46/h4-5,7-10,13-16,19-22,28,32,34H,1,6,11-12,17-18,23-26H2,2-3H3/t28-,34?/m1/s1. The number of hydrogen-bond acceptors (Lipinski definition) is 5. The molecule has 4 aromatic rings. The van der Waals surface area contributed by atoms with E-state index >= 15 is 0 Å². The molecule has 0 aliphatic heterocycles. The molecule has 0 saturated heterocycles. The van der Waals surface area contributed by atoms with Gasteiger partial charge in [-0.15, -0.1) is 0 Å². The first-order valence-corrected chi connectivity index (χ1v) is 19.1. The summed E-state index contributed by atoms with van der Waals surface area (Å²) in [5.41, 5.74) is 3.46. The van der Waals surface area contributed by atoms with Crippen molar-refractivity contribution in [2.45, 2.75) is 88.3 Å². The van der Waals surface area contributed by atoms with Gasteiger partial charge in [0.15, 0.2) is 28.2 Å². The molecule has 4 aromatic carbocycles. The van der Waals surface area contributed by atoms with Crippen LogP contribution in [0.15, 0.2) is 102 Å². The molecule has 0 spiro atoms. The van der Waals surface area contributed by atoms with E-state index < -0.39 is 62.2 Å². The first-order valence-electron chi connectivity index (χ1n) is 17.7. The average Bonchev–Trinajstić information content (AvgIpc) is 3.19. The van der Waals surface area contributed by atoms with Crippen molar-refractivity contribution in [3.63, 3.8) is 0 Å². The number of carbonyl (C=O) groups excluding carboxylic acids is 1. The third kappa shape index (κ3) is 9.55. The minimum absolute atomic E-state index is 0.0228. The zero-order valence-electron chi connectivity index (χ0n) is 30.1. The predicted octanol–water partition coefficient (Wildman–Crippen LogP) is 9.13. The Bertz CT molecular complexity index is 1980.